The molecule has 0 aromatic carbocycles. The van der Waals surface area contributed by atoms with Crippen molar-refractivity contribution in [2.45, 2.75) is 26.3 Å². The quantitative estimate of drug-likeness (QED) is 0.745. The van der Waals surface area contributed by atoms with Crippen LogP contribution in [0, 0.1) is 6.92 Å². The van der Waals surface area contributed by atoms with Crippen molar-refractivity contribution in [3.8, 4) is 0 Å². The molecule has 0 bridgehead atoms. The van der Waals surface area contributed by atoms with Gasteiger partial charge in [0.25, 0.3) is 0 Å². The van der Waals surface area contributed by atoms with Gasteiger partial charge in [0.05, 0.1) is 0 Å². The maximum Gasteiger partial charge on any atom is 0.227 e. The highest BCUT2D eigenvalue weighted by Gasteiger charge is 2.07. The molecule has 3 N–H and O–H groups in total. The largest absolute Gasteiger partial charge is 0.327 e. The summed E-state index contributed by atoms with van der Waals surface area (Å²) in [7, 11) is 0. The minimum atomic E-state index is -0.131. The molecule has 0 radical (unpaired) electrons. The molecule has 1 aromatic heterocycles. The molecule has 0 saturated heterocycles. The number of aryl methyl sites for hydroxylation is 1. The van der Waals surface area contributed by atoms with Crippen molar-refractivity contribution in [1.82, 2.24) is 9.36 Å². The van der Waals surface area contributed by atoms with E-state index in [0.29, 0.717) is 17.4 Å². The Balaban J connectivity index is 2.45. The third-order valence-corrected chi connectivity index (χ3v) is 2.00. The number of amides is 1. The maximum atomic E-state index is 11.2. The minimum Gasteiger partial charge on any atom is -0.327 e. The third kappa shape index (κ3) is 3.47. The fraction of sp³-hybridized carbons (Fsp3) is 0.571. The summed E-state index contributed by atoms with van der Waals surface area (Å²) in [6, 6.07) is -0.131. The van der Waals surface area contributed by atoms with Gasteiger partial charge in [-0.1, -0.05) is 0 Å². The topological polar surface area (TPSA) is 80.9 Å². The molecular formula is C7H12N4OS. The van der Waals surface area contributed by atoms with E-state index in [1.54, 1.807) is 13.8 Å². The molecule has 0 aliphatic carbocycles. The van der Waals surface area contributed by atoms with Gasteiger partial charge in [-0.25, -0.2) is 4.98 Å². The Labute approximate surface area is 80.5 Å². The molecule has 1 amide bonds. The molecule has 72 valence electrons. The second-order valence-corrected chi connectivity index (χ2v) is 3.63. The van der Waals surface area contributed by atoms with Crippen LogP contribution >= 0.6 is 11.5 Å². The van der Waals surface area contributed by atoms with Crippen LogP contribution in [0.15, 0.2) is 0 Å². The first-order chi connectivity index (χ1) is 6.08. The summed E-state index contributed by atoms with van der Waals surface area (Å²) >= 11 is 1.17. The van der Waals surface area contributed by atoms with E-state index in [1.807, 2.05) is 0 Å². The van der Waals surface area contributed by atoms with E-state index in [1.165, 1.54) is 11.5 Å². The first-order valence-electron chi connectivity index (χ1n) is 3.93. The molecule has 0 aliphatic heterocycles. The maximum absolute atomic E-state index is 11.2. The average molecular weight is 200 g/mol. The molecule has 1 rings (SSSR count). The van der Waals surface area contributed by atoms with E-state index in [9.17, 15) is 4.79 Å². The Hall–Kier alpha value is -1.01. The minimum absolute atomic E-state index is 0.119. The van der Waals surface area contributed by atoms with Gasteiger partial charge in [-0.15, -0.1) is 0 Å². The lowest BCUT2D eigenvalue weighted by Crippen LogP contribution is -2.23. The summed E-state index contributed by atoms with van der Waals surface area (Å²) in [5, 5.41) is 3.15. The molecule has 1 atom stereocenters. The molecule has 0 saturated carbocycles. The van der Waals surface area contributed by atoms with Crippen LogP contribution in [0.3, 0.4) is 0 Å². The SMILES string of the molecule is Cc1nsc(NC(=O)CC(C)N)n1. The van der Waals surface area contributed by atoms with Gasteiger partial charge in [0.15, 0.2) is 0 Å². The van der Waals surface area contributed by atoms with Crippen LogP contribution in [0.2, 0.25) is 0 Å². The van der Waals surface area contributed by atoms with Crippen LogP contribution in [0.4, 0.5) is 5.13 Å². The average Bonchev–Trinajstić information content (AvgIpc) is 2.33. The fourth-order valence-electron chi connectivity index (χ4n) is 0.811. The van der Waals surface area contributed by atoms with Crippen LogP contribution in [-0.4, -0.2) is 21.3 Å². The second-order valence-electron chi connectivity index (χ2n) is 2.88. The lowest BCUT2D eigenvalue weighted by molar-refractivity contribution is -0.116. The number of carbonyl (C=O) groups is 1. The summed E-state index contributed by atoms with van der Waals surface area (Å²) < 4.78 is 3.93. The van der Waals surface area contributed by atoms with Crippen LogP contribution in [0.1, 0.15) is 19.2 Å². The molecule has 6 heteroatoms. The monoisotopic (exact) mass is 200 g/mol. The summed E-state index contributed by atoms with van der Waals surface area (Å²) in [5.41, 5.74) is 5.46. The number of hydrogen-bond donors (Lipinski definition) is 2. The van der Waals surface area contributed by atoms with E-state index in [4.69, 9.17) is 5.73 Å². The van der Waals surface area contributed by atoms with Crippen molar-refractivity contribution in [2.75, 3.05) is 5.32 Å². The zero-order chi connectivity index (χ0) is 9.84. The number of anilines is 1. The lowest BCUT2D eigenvalue weighted by atomic mass is 10.2. The first-order valence-corrected chi connectivity index (χ1v) is 4.71. The number of nitrogens with one attached hydrogen (secondary N) is 1. The third-order valence-electron chi connectivity index (χ3n) is 1.28. The molecular weight excluding hydrogens is 188 g/mol. The van der Waals surface area contributed by atoms with Crippen molar-refractivity contribution < 1.29 is 4.79 Å². The smallest absolute Gasteiger partial charge is 0.227 e. The normalized spacial score (nSPS) is 12.5. The summed E-state index contributed by atoms with van der Waals surface area (Å²) in [4.78, 5) is 15.2. The van der Waals surface area contributed by atoms with Crippen LogP contribution in [0.25, 0.3) is 0 Å². The van der Waals surface area contributed by atoms with Crippen LogP contribution < -0.4 is 11.1 Å². The summed E-state index contributed by atoms with van der Waals surface area (Å²) in [5.74, 6) is 0.548. The van der Waals surface area contributed by atoms with Gasteiger partial charge in [0.2, 0.25) is 11.0 Å². The Morgan fingerprint density at radius 2 is 2.46 bits per heavy atom. The number of nitrogens with zero attached hydrogens (tertiary/aromatic N) is 2. The molecule has 5 nitrogen and oxygen atoms in total. The number of aromatic nitrogens is 2. The highest BCUT2D eigenvalue weighted by atomic mass is 32.1. The molecule has 1 aromatic rings. The first kappa shape index (κ1) is 10.1. The van der Waals surface area contributed by atoms with Gasteiger partial charge in [-0.05, 0) is 13.8 Å². The van der Waals surface area contributed by atoms with E-state index < -0.39 is 0 Å². The predicted octanol–water partition coefficient (Wildman–Crippen LogP) is 0.522. The molecule has 0 fully saturated rings. The molecule has 0 spiro atoms. The zero-order valence-corrected chi connectivity index (χ0v) is 8.39. The van der Waals surface area contributed by atoms with Crippen molar-refractivity contribution in [3.63, 3.8) is 0 Å². The van der Waals surface area contributed by atoms with Gasteiger partial charge in [0.1, 0.15) is 5.82 Å². The van der Waals surface area contributed by atoms with Gasteiger partial charge in [-0.3, -0.25) is 4.79 Å². The molecule has 0 aliphatic rings. The molecule has 1 unspecified atom stereocenters. The standard InChI is InChI=1S/C7H12N4OS/c1-4(8)3-6(12)10-7-9-5(2)11-13-7/h4H,3,8H2,1-2H3,(H,9,10,11,12). The summed E-state index contributed by atoms with van der Waals surface area (Å²) in [6.45, 7) is 3.56. The highest BCUT2D eigenvalue weighted by molar-refractivity contribution is 7.09. The zero-order valence-electron chi connectivity index (χ0n) is 7.57. The van der Waals surface area contributed by atoms with Crippen molar-refractivity contribution in [1.29, 1.82) is 0 Å². The van der Waals surface area contributed by atoms with Crippen LogP contribution in [-0.2, 0) is 4.79 Å². The van der Waals surface area contributed by atoms with Gasteiger partial charge in [-0.2, -0.15) is 4.37 Å². The number of rotatable bonds is 3. The molecule has 1 heterocycles. The van der Waals surface area contributed by atoms with Gasteiger partial charge in [0, 0.05) is 24.0 Å². The Morgan fingerprint density at radius 1 is 1.77 bits per heavy atom. The summed E-state index contributed by atoms with van der Waals surface area (Å²) in [6.07, 6.45) is 0.304. The van der Waals surface area contributed by atoms with E-state index in [0.717, 1.165) is 0 Å². The number of hydrogen-bond acceptors (Lipinski definition) is 5. The van der Waals surface area contributed by atoms with Crippen molar-refractivity contribution in [2.24, 2.45) is 5.73 Å². The Bertz CT molecular complexity index is 296. The van der Waals surface area contributed by atoms with Crippen molar-refractivity contribution in [3.05, 3.63) is 5.82 Å². The lowest BCUT2D eigenvalue weighted by Gasteiger charge is -2.03. The second kappa shape index (κ2) is 4.29. The fourth-order valence-corrected chi connectivity index (χ4v) is 1.40. The van der Waals surface area contributed by atoms with Crippen LogP contribution in [0.5, 0.6) is 0 Å². The predicted molar refractivity (Wildman–Crippen MR) is 51.5 cm³/mol. The van der Waals surface area contributed by atoms with E-state index in [-0.39, 0.29) is 11.9 Å². The van der Waals surface area contributed by atoms with Gasteiger partial charge < -0.3 is 11.1 Å². The Kier molecular flexibility index (Phi) is 3.32. The number of carbonyl (C=O) groups excluding carboxylic acids is 1. The number of nitrogens with two attached hydrogens (primary N) is 1. The molecule has 13 heavy (non-hydrogen) atoms. The van der Waals surface area contributed by atoms with Crippen molar-refractivity contribution >= 4 is 22.6 Å². The van der Waals surface area contributed by atoms with Gasteiger partial charge >= 0.3 is 0 Å². The van der Waals surface area contributed by atoms with E-state index >= 15 is 0 Å². The van der Waals surface area contributed by atoms with E-state index in [2.05, 4.69) is 14.7 Å². The highest BCUT2D eigenvalue weighted by Crippen LogP contribution is 2.10. The Morgan fingerprint density at radius 3 is 2.92 bits per heavy atom.